The van der Waals surface area contributed by atoms with E-state index in [4.69, 9.17) is 12.2 Å². The molecule has 1 aliphatic heterocycles. The van der Waals surface area contributed by atoms with E-state index >= 15 is 0 Å². The molecule has 0 unspecified atom stereocenters. The maximum absolute atomic E-state index is 12.5. The van der Waals surface area contributed by atoms with Gasteiger partial charge in [0, 0.05) is 110 Å². The van der Waals surface area contributed by atoms with Gasteiger partial charge in [-0.15, -0.1) is 11.8 Å². The van der Waals surface area contributed by atoms with Crippen molar-refractivity contribution in [3.05, 3.63) is 88.5 Å². The van der Waals surface area contributed by atoms with Crippen molar-refractivity contribution in [1.29, 1.82) is 0 Å². The molecular formula is C39H43N6O14S6+. The fourth-order valence-corrected chi connectivity index (χ4v) is 11.4. The first-order valence-corrected chi connectivity index (χ1v) is 27.3. The molecule has 4 N–H and O–H groups in total. The van der Waals surface area contributed by atoms with Crippen molar-refractivity contribution in [3.8, 4) is 0 Å². The van der Waals surface area contributed by atoms with E-state index < -0.39 is 81.2 Å². The van der Waals surface area contributed by atoms with Crippen molar-refractivity contribution in [3.63, 3.8) is 0 Å². The van der Waals surface area contributed by atoms with Crippen LogP contribution >= 0.6 is 24.0 Å². The Kier molecular flexibility index (Phi) is 15.9. The molecule has 26 heteroatoms. The van der Waals surface area contributed by atoms with Gasteiger partial charge in [-0.3, -0.25) is 47.6 Å². The van der Waals surface area contributed by atoms with E-state index in [-0.39, 0.29) is 49.7 Å². The number of nitrogens with zero attached hydrogens (tertiary/aromatic N) is 3. The van der Waals surface area contributed by atoms with Gasteiger partial charge in [0.25, 0.3) is 21.9 Å². The molecule has 5 rings (SSSR count). The van der Waals surface area contributed by atoms with Gasteiger partial charge in [0.15, 0.2) is 6.54 Å². The van der Waals surface area contributed by atoms with E-state index in [9.17, 15) is 62.2 Å². The van der Waals surface area contributed by atoms with E-state index in [2.05, 4.69) is 0 Å². The number of hydrogen-bond donors (Lipinski definition) is 4. The molecule has 0 saturated heterocycles. The summed E-state index contributed by atoms with van der Waals surface area (Å²) in [5.74, 6) is -4.39. The number of thioether (sulfide) groups is 1. The summed E-state index contributed by atoms with van der Waals surface area (Å²) < 4.78 is 115. The van der Waals surface area contributed by atoms with Gasteiger partial charge in [0.2, 0.25) is 59.0 Å². The summed E-state index contributed by atoms with van der Waals surface area (Å²) in [7, 11) is -16.6. The standard InChI is InChI=1S/C39H42N6O14S6/c1-25(46)40-63(53,54)21-18-43(19-22-64(55,56)41-26(2)47)29-8-5-27(6-9-29)37-38(60)32(39(37)61-20-15-34(48)42-62(3,51)52)24-30-10-7-28-23-31(65(57,58)59)11-12-33(28)44(30)16-4-17-45-35(49)13-14-36(45)50/h5-14,23-24H,4,15-22H2,1-3H3,(H3-,40,41,42,46,47,48,57,58,59)/p+1. The zero-order valence-electron chi connectivity index (χ0n) is 34.8. The van der Waals surface area contributed by atoms with Crippen molar-refractivity contribution >= 4 is 127 Å². The van der Waals surface area contributed by atoms with Gasteiger partial charge in [-0.2, -0.15) is 13.0 Å². The number of aromatic nitrogens is 1. The Hall–Kier alpha value is -5.38. The van der Waals surface area contributed by atoms with Crippen LogP contribution in [0.3, 0.4) is 0 Å². The summed E-state index contributed by atoms with van der Waals surface area (Å²) in [6.45, 7) is 1.82. The number of anilines is 1. The SMILES string of the molecule is CC(=O)NS(=O)(=O)CCN(CCS(=O)(=O)NC(C)=O)c1ccc(C2=C(SCCC(=O)NS(C)(=O)=O)/C(=C/c3ccc4cc(S(=O)(=O)O)ccc4[n+]3CCCN3C(=O)C=CC3=O)C2=S)cc1. The molecule has 2 heterocycles. The number of thiocarbonyl (C=S) groups is 1. The highest BCUT2D eigenvalue weighted by atomic mass is 32.2. The molecule has 0 bridgehead atoms. The van der Waals surface area contributed by atoms with Crippen molar-refractivity contribution < 1.29 is 66.8 Å². The molecule has 0 saturated carbocycles. The Morgan fingerprint density at radius 2 is 1.42 bits per heavy atom. The Morgan fingerprint density at radius 3 is 1.95 bits per heavy atom. The topological polar surface area (TPSA) is 289 Å². The number of sulfonamides is 3. The van der Waals surface area contributed by atoms with Gasteiger partial charge < -0.3 is 4.90 Å². The largest absolute Gasteiger partial charge is 0.369 e. The highest BCUT2D eigenvalue weighted by Crippen LogP contribution is 2.46. The van der Waals surface area contributed by atoms with Gasteiger partial charge in [-0.1, -0.05) is 24.4 Å². The smallest absolute Gasteiger partial charge is 0.294 e. The van der Waals surface area contributed by atoms with Gasteiger partial charge in [-0.05, 0) is 35.9 Å². The number of allylic oxidation sites excluding steroid dienone is 2. The second-order valence-corrected chi connectivity index (χ2v) is 23.0. The van der Waals surface area contributed by atoms with Crippen LogP contribution in [-0.2, 0) is 70.7 Å². The van der Waals surface area contributed by atoms with Crippen LogP contribution in [0.1, 0.15) is 37.9 Å². The van der Waals surface area contributed by atoms with Crippen molar-refractivity contribution in [1.82, 2.24) is 19.1 Å². The molecule has 348 valence electrons. The minimum absolute atomic E-state index is 0.0654. The number of aryl methyl sites for hydroxylation is 1. The van der Waals surface area contributed by atoms with Crippen LogP contribution < -0.4 is 23.6 Å². The maximum Gasteiger partial charge on any atom is 0.294 e. The van der Waals surface area contributed by atoms with Crippen LogP contribution in [0.25, 0.3) is 22.6 Å². The predicted molar refractivity (Wildman–Crippen MR) is 246 cm³/mol. The quantitative estimate of drug-likeness (QED) is 0.0377. The number of imide groups is 1. The lowest BCUT2D eigenvalue weighted by molar-refractivity contribution is -0.673. The van der Waals surface area contributed by atoms with Crippen LogP contribution in [-0.4, -0.2) is 121 Å². The van der Waals surface area contributed by atoms with Gasteiger partial charge in [-0.25, -0.2) is 25.3 Å². The monoisotopic (exact) mass is 1010 g/mol. The molecule has 2 aromatic carbocycles. The average molecular weight is 1010 g/mol. The number of amides is 5. The summed E-state index contributed by atoms with van der Waals surface area (Å²) in [5.41, 5.74) is 3.11. The first kappa shape index (κ1) is 50.6. The van der Waals surface area contributed by atoms with Crippen molar-refractivity contribution in [2.45, 2.75) is 38.1 Å². The minimum atomic E-state index is -4.55. The molecule has 0 spiro atoms. The molecule has 65 heavy (non-hydrogen) atoms. The summed E-state index contributed by atoms with van der Waals surface area (Å²) in [5, 5.41) is 0.436. The number of pyridine rings is 1. The molecule has 3 aromatic rings. The Labute approximate surface area is 385 Å². The normalized spacial score (nSPS) is 15.1. The van der Waals surface area contributed by atoms with Crippen LogP contribution in [0, 0.1) is 0 Å². The Morgan fingerprint density at radius 1 is 0.831 bits per heavy atom. The van der Waals surface area contributed by atoms with E-state index in [1.807, 2.05) is 18.7 Å². The van der Waals surface area contributed by atoms with E-state index in [0.29, 0.717) is 48.8 Å². The van der Waals surface area contributed by atoms with Crippen LogP contribution in [0.4, 0.5) is 5.69 Å². The summed E-state index contributed by atoms with van der Waals surface area (Å²) in [4.78, 5) is 63.1. The zero-order chi connectivity index (χ0) is 48.1. The van der Waals surface area contributed by atoms with E-state index in [1.165, 1.54) is 47.0 Å². The van der Waals surface area contributed by atoms with Crippen LogP contribution in [0.5, 0.6) is 0 Å². The molecule has 0 atom stereocenters. The Bertz CT molecular complexity index is 2970. The lowest BCUT2D eigenvalue weighted by Crippen LogP contribution is -2.41. The summed E-state index contributed by atoms with van der Waals surface area (Å²) >= 11 is 7.16. The number of rotatable bonds is 21. The number of nitrogens with one attached hydrogen (secondary N) is 3. The first-order valence-electron chi connectivity index (χ1n) is 19.2. The van der Waals surface area contributed by atoms with Crippen molar-refractivity contribution in [2.75, 3.05) is 48.0 Å². The van der Waals surface area contributed by atoms with Crippen LogP contribution in [0.15, 0.2) is 82.1 Å². The predicted octanol–water partition coefficient (Wildman–Crippen LogP) is 0.805. The lowest BCUT2D eigenvalue weighted by Gasteiger charge is -2.29. The average Bonchev–Trinajstić information content (AvgIpc) is 3.50. The van der Waals surface area contributed by atoms with E-state index in [1.54, 1.807) is 42.5 Å². The third-order valence-corrected chi connectivity index (χ3v) is 15.1. The molecule has 0 radical (unpaired) electrons. The third-order valence-electron chi connectivity index (χ3n) is 9.49. The number of hydrogen-bond acceptors (Lipinski definition) is 16. The van der Waals surface area contributed by atoms with Gasteiger partial charge in [0.05, 0.1) is 27.5 Å². The summed E-state index contributed by atoms with van der Waals surface area (Å²) in [6.07, 6.45) is 5.01. The van der Waals surface area contributed by atoms with Crippen LogP contribution in [0.2, 0.25) is 0 Å². The van der Waals surface area contributed by atoms with Gasteiger partial charge >= 0.3 is 0 Å². The zero-order valence-corrected chi connectivity index (χ0v) is 39.7. The highest BCUT2D eigenvalue weighted by Gasteiger charge is 2.33. The third kappa shape index (κ3) is 13.8. The lowest BCUT2D eigenvalue weighted by atomic mass is 9.85. The molecule has 20 nitrogen and oxygen atoms in total. The fraction of sp³-hybridized carbons (Fsp3) is 0.308. The van der Waals surface area contributed by atoms with E-state index in [0.717, 1.165) is 25.0 Å². The molecule has 2 aliphatic rings. The molecule has 1 aromatic heterocycles. The maximum atomic E-state index is 12.5. The van der Waals surface area contributed by atoms with Gasteiger partial charge in [0.1, 0.15) is 0 Å². The second-order valence-electron chi connectivity index (χ2n) is 14.6. The molecular weight excluding hydrogens is 969 g/mol. The minimum Gasteiger partial charge on any atom is -0.369 e. The summed E-state index contributed by atoms with van der Waals surface area (Å²) in [6, 6.07) is 13.8. The highest BCUT2D eigenvalue weighted by molar-refractivity contribution is 8.04. The molecule has 0 fully saturated rings. The second kappa shape index (κ2) is 20.4. The van der Waals surface area contributed by atoms with Crippen molar-refractivity contribution in [2.24, 2.45) is 0 Å². The molecule has 1 aliphatic carbocycles. The number of benzene rings is 2. The first-order chi connectivity index (χ1) is 30.2. The number of fused-ring (bicyclic) bond motifs is 1. The molecule has 5 amide bonds. The number of carbonyl (C=O) groups is 5. The number of carbonyl (C=O) groups excluding carboxylic acids is 5. The Balaban J connectivity index is 1.55. The fourth-order valence-electron chi connectivity index (χ4n) is 6.71.